The first kappa shape index (κ1) is 14.9. The van der Waals surface area contributed by atoms with Crippen LogP contribution < -0.4 is 5.32 Å². The second-order valence-electron chi connectivity index (χ2n) is 6.37. The van der Waals surface area contributed by atoms with Gasteiger partial charge in [-0.2, -0.15) is 0 Å². The second kappa shape index (κ2) is 6.07. The van der Waals surface area contributed by atoms with E-state index in [0.717, 1.165) is 29.6 Å². The number of aromatic nitrogens is 3. The van der Waals surface area contributed by atoms with Crippen LogP contribution in [0.5, 0.6) is 0 Å². The minimum Gasteiger partial charge on any atom is -0.307 e. The lowest BCUT2D eigenvalue weighted by atomic mass is 10.2. The summed E-state index contributed by atoms with van der Waals surface area (Å²) in [5.74, 6) is 0.498. The van der Waals surface area contributed by atoms with Crippen molar-refractivity contribution in [3.05, 3.63) is 53.9 Å². The fourth-order valence-electron chi connectivity index (χ4n) is 3.53. The van der Waals surface area contributed by atoms with Crippen LogP contribution in [0.2, 0.25) is 0 Å². The molecule has 5 heteroatoms. The number of rotatable bonds is 3. The van der Waals surface area contributed by atoms with E-state index in [0.29, 0.717) is 17.6 Å². The van der Waals surface area contributed by atoms with E-state index >= 15 is 0 Å². The van der Waals surface area contributed by atoms with E-state index < -0.39 is 0 Å². The lowest BCUT2D eigenvalue weighted by Gasteiger charge is -2.16. The molecule has 122 valence electrons. The van der Waals surface area contributed by atoms with Crippen LogP contribution in [0.25, 0.3) is 11.0 Å². The molecule has 3 aromatic rings. The smallest absolute Gasteiger partial charge is 0.258 e. The number of hydrogen-bond donors (Lipinski definition) is 1. The third-order valence-corrected chi connectivity index (χ3v) is 4.67. The van der Waals surface area contributed by atoms with Gasteiger partial charge in [0, 0.05) is 23.5 Å². The van der Waals surface area contributed by atoms with Gasteiger partial charge in [-0.25, -0.2) is 4.98 Å². The van der Waals surface area contributed by atoms with Crippen molar-refractivity contribution in [3.8, 4) is 0 Å². The Kier molecular flexibility index (Phi) is 3.76. The minimum absolute atomic E-state index is 0.143. The van der Waals surface area contributed by atoms with Crippen LogP contribution in [0.3, 0.4) is 0 Å². The molecule has 1 fully saturated rings. The van der Waals surface area contributed by atoms with Crippen LogP contribution >= 0.6 is 0 Å². The highest BCUT2D eigenvalue weighted by atomic mass is 16.1. The number of pyridine rings is 1. The number of nitrogens with one attached hydrogen (secondary N) is 1. The first-order chi connectivity index (χ1) is 11.7. The molecule has 1 saturated carbocycles. The Morgan fingerprint density at radius 3 is 2.79 bits per heavy atom. The highest BCUT2D eigenvalue weighted by molar-refractivity contribution is 6.04. The molecule has 0 radical (unpaired) electrons. The van der Waals surface area contributed by atoms with E-state index in [1.807, 2.05) is 25.1 Å². The van der Waals surface area contributed by atoms with Gasteiger partial charge in [-0.1, -0.05) is 25.0 Å². The van der Waals surface area contributed by atoms with Gasteiger partial charge in [0.05, 0.1) is 11.0 Å². The number of benzene rings is 1. The summed E-state index contributed by atoms with van der Waals surface area (Å²) in [4.78, 5) is 21.4. The van der Waals surface area contributed by atoms with Gasteiger partial charge in [-0.3, -0.25) is 15.1 Å². The van der Waals surface area contributed by atoms with E-state index in [2.05, 4.69) is 25.9 Å². The SMILES string of the molecule is Cc1cc(C(=O)Nc2nc3ccccc3n2C2CCCC2)ccn1. The summed E-state index contributed by atoms with van der Waals surface area (Å²) in [5.41, 5.74) is 3.44. The first-order valence-electron chi connectivity index (χ1n) is 8.43. The zero-order valence-corrected chi connectivity index (χ0v) is 13.7. The van der Waals surface area contributed by atoms with Gasteiger partial charge in [0.25, 0.3) is 5.91 Å². The van der Waals surface area contributed by atoms with E-state index in [4.69, 9.17) is 0 Å². The van der Waals surface area contributed by atoms with Crippen molar-refractivity contribution in [1.29, 1.82) is 0 Å². The number of nitrogens with zero attached hydrogens (tertiary/aromatic N) is 3. The molecule has 4 rings (SSSR count). The lowest BCUT2D eigenvalue weighted by molar-refractivity contribution is 0.102. The summed E-state index contributed by atoms with van der Waals surface area (Å²) in [6, 6.07) is 12.0. The van der Waals surface area contributed by atoms with Crippen LogP contribution in [0.1, 0.15) is 47.8 Å². The van der Waals surface area contributed by atoms with Crippen molar-refractivity contribution in [2.75, 3.05) is 5.32 Å². The van der Waals surface area contributed by atoms with Crippen molar-refractivity contribution >= 4 is 22.9 Å². The maximum atomic E-state index is 12.6. The van der Waals surface area contributed by atoms with E-state index in [9.17, 15) is 4.79 Å². The van der Waals surface area contributed by atoms with Gasteiger partial charge in [0.1, 0.15) is 0 Å². The summed E-state index contributed by atoms with van der Waals surface area (Å²) < 4.78 is 2.20. The number of fused-ring (bicyclic) bond motifs is 1. The van der Waals surface area contributed by atoms with Gasteiger partial charge in [-0.15, -0.1) is 0 Å². The number of para-hydroxylation sites is 2. The van der Waals surface area contributed by atoms with Crippen LogP contribution in [0.4, 0.5) is 5.95 Å². The highest BCUT2D eigenvalue weighted by Crippen LogP contribution is 2.35. The topological polar surface area (TPSA) is 59.8 Å². The predicted molar refractivity (Wildman–Crippen MR) is 94.2 cm³/mol. The molecule has 5 nitrogen and oxygen atoms in total. The minimum atomic E-state index is -0.143. The summed E-state index contributed by atoms with van der Waals surface area (Å²) in [6.07, 6.45) is 6.39. The van der Waals surface area contributed by atoms with Crippen molar-refractivity contribution in [2.45, 2.75) is 38.6 Å². The Morgan fingerprint density at radius 2 is 2.00 bits per heavy atom. The Morgan fingerprint density at radius 1 is 1.21 bits per heavy atom. The van der Waals surface area contributed by atoms with Gasteiger partial charge in [0.15, 0.2) is 0 Å². The fourth-order valence-corrected chi connectivity index (χ4v) is 3.53. The molecule has 24 heavy (non-hydrogen) atoms. The third kappa shape index (κ3) is 2.66. The van der Waals surface area contributed by atoms with Crippen LogP contribution in [0.15, 0.2) is 42.6 Å². The molecule has 0 unspecified atom stereocenters. The standard InChI is InChI=1S/C19H20N4O/c1-13-12-14(10-11-20-13)18(24)22-19-21-16-8-4-5-9-17(16)23(19)15-6-2-3-7-15/h4-5,8-12,15H,2-3,6-7H2,1H3,(H,21,22,24). The summed E-state index contributed by atoms with van der Waals surface area (Å²) in [7, 11) is 0. The quantitative estimate of drug-likeness (QED) is 0.790. The molecule has 1 N–H and O–H groups in total. The molecule has 0 bridgehead atoms. The fraction of sp³-hybridized carbons (Fsp3) is 0.316. The molecule has 0 atom stereocenters. The van der Waals surface area contributed by atoms with Crippen LogP contribution in [-0.4, -0.2) is 20.4 Å². The average molecular weight is 320 g/mol. The molecule has 0 spiro atoms. The zero-order valence-electron chi connectivity index (χ0n) is 13.7. The maximum Gasteiger partial charge on any atom is 0.258 e. The van der Waals surface area contributed by atoms with Gasteiger partial charge in [-0.05, 0) is 44.0 Å². The average Bonchev–Trinajstić information content (AvgIpc) is 3.21. The largest absolute Gasteiger partial charge is 0.307 e. The summed E-state index contributed by atoms with van der Waals surface area (Å²) in [6.45, 7) is 1.88. The zero-order chi connectivity index (χ0) is 16.5. The molecular weight excluding hydrogens is 300 g/mol. The third-order valence-electron chi connectivity index (χ3n) is 4.67. The number of carbonyl (C=O) groups is 1. The van der Waals surface area contributed by atoms with Crippen molar-refractivity contribution in [1.82, 2.24) is 14.5 Å². The number of imidazole rings is 1. The van der Waals surface area contributed by atoms with E-state index in [1.54, 1.807) is 18.3 Å². The number of anilines is 1. The number of carbonyl (C=O) groups excluding carboxylic acids is 1. The van der Waals surface area contributed by atoms with Gasteiger partial charge in [0.2, 0.25) is 5.95 Å². The van der Waals surface area contributed by atoms with Crippen molar-refractivity contribution in [3.63, 3.8) is 0 Å². The Labute approximate surface area is 140 Å². The molecule has 0 saturated heterocycles. The van der Waals surface area contributed by atoms with E-state index in [-0.39, 0.29) is 5.91 Å². The summed E-state index contributed by atoms with van der Waals surface area (Å²) >= 11 is 0. The second-order valence-corrected chi connectivity index (χ2v) is 6.37. The molecule has 1 aliphatic rings. The molecule has 0 aliphatic heterocycles. The lowest BCUT2D eigenvalue weighted by Crippen LogP contribution is -2.18. The van der Waals surface area contributed by atoms with Gasteiger partial charge >= 0.3 is 0 Å². The number of aryl methyl sites for hydroxylation is 1. The molecular formula is C19H20N4O. The van der Waals surface area contributed by atoms with Crippen molar-refractivity contribution in [2.24, 2.45) is 0 Å². The predicted octanol–water partition coefficient (Wildman–Crippen LogP) is 4.11. The Bertz CT molecular complexity index is 893. The van der Waals surface area contributed by atoms with Crippen LogP contribution in [0, 0.1) is 6.92 Å². The molecule has 2 aromatic heterocycles. The Hall–Kier alpha value is -2.69. The molecule has 1 aromatic carbocycles. The van der Waals surface area contributed by atoms with Gasteiger partial charge < -0.3 is 4.57 Å². The monoisotopic (exact) mass is 320 g/mol. The molecule has 1 amide bonds. The molecule has 1 aliphatic carbocycles. The van der Waals surface area contributed by atoms with Crippen LogP contribution in [-0.2, 0) is 0 Å². The highest BCUT2D eigenvalue weighted by Gasteiger charge is 2.23. The van der Waals surface area contributed by atoms with Crippen molar-refractivity contribution < 1.29 is 4.79 Å². The summed E-state index contributed by atoms with van der Waals surface area (Å²) in [5, 5.41) is 3.01. The maximum absolute atomic E-state index is 12.6. The first-order valence-corrected chi connectivity index (χ1v) is 8.43. The number of amides is 1. The van der Waals surface area contributed by atoms with E-state index in [1.165, 1.54) is 12.8 Å². The number of hydrogen-bond acceptors (Lipinski definition) is 3. The normalized spacial score (nSPS) is 15.0. The molecule has 2 heterocycles. The Balaban J connectivity index is 1.73.